The van der Waals surface area contributed by atoms with Gasteiger partial charge >= 0.3 is 0 Å². The summed E-state index contributed by atoms with van der Waals surface area (Å²) in [6.45, 7) is 10.7. The lowest BCUT2D eigenvalue weighted by atomic mass is 10.1. The molecule has 1 aromatic carbocycles. The fraction of sp³-hybridized carbons (Fsp3) is 0.625. The molecule has 2 atom stereocenters. The summed E-state index contributed by atoms with van der Waals surface area (Å²) in [6, 6.07) is 7.26. The van der Waals surface area contributed by atoms with E-state index in [9.17, 15) is 0 Å². The van der Waals surface area contributed by atoms with Crippen LogP contribution in [-0.2, 0) is 0 Å². The molecular formula is C16H27N3. The zero-order valence-electron chi connectivity index (χ0n) is 12.7. The SMILES string of the molecule is Cc1cc(C)cc(N2CC(C)CN(C)C(CN)C2)c1. The van der Waals surface area contributed by atoms with E-state index in [1.54, 1.807) is 0 Å². The second kappa shape index (κ2) is 5.93. The summed E-state index contributed by atoms with van der Waals surface area (Å²) >= 11 is 0. The van der Waals surface area contributed by atoms with Gasteiger partial charge in [-0.1, -0.05) is 13.0 Å². The lowest BCUT2D eigenvalue weighted by molar-refractivity contribution is 0.244. The molecule has 2 N–H and O–H groups in total. The van der Waals surface area contributed by atoms with Crippen LogP contribution in [0.3, 0.4) is 0 Å². The van der Waals surface area contributed by atoms with Gasteiger partial charge < -0.3 is 15.5 Å². The highest BCUT2D eigenvalue weighted by Gasteiger charge is 2.25. The van der Waals surface area contributed by atoms with Crippen molar-refractivity contribution in [3.63, 3.8) is 0 Å². The second-order valence-electron chi connectivity index (χ2n) is 6.19. The number of aryl methyl sites for hydroxylation is 2. The van der Waals surface area contributed by atoms with Crippen LogP contribution in [0.1, 0.15) is 18.1 Å². The van der Waals surface area contributed by atoms with Gasteiger partial charge in [-0.05, 0) is 50.1 Å². The molecule has 0 aliphatic carbocycles. The lowest BCUT2D eigenvalue weighted by Gasteiger charge is -2.29. The number of nitrogens with zero attached hydrogens (tertiary/aromatic N) is 2. The van der Waals surface area contributed by atoms with Crippen LogP contribution in [0.25, 0.3) is 0 Å². The van der Waals surface area contributed by atoms with E-state index in [2.05, 4.69) is 55.8 Å². The summed E-state index contributed by atoms with van der Waals surface area (Å²) in [6.07, 6.45) is 0. The Balaban J connectivity index is 2.26. The number of nitrogens with two attached hydrogens (primary N) is 1. The van der Waals surface area contributed by atoms with Gasteiger partial charge in [-0.15, -0.1) is 0 Å². The zero-order valence-corrected chi connectivity index (χ0v) is 12.7. The minimum absolute atomic E-state index is 0.450. The average Bonchev–Trinajstić information content (AvgIpc) is 2.46. The molecule has 1 aliphatic heterocycles. The summed E-state index contributed by atoms with van der Waals surface area (Å²) in [5.41, 5.74) is 9.96. The maximum Gasteiger partial charge on any atom is 0.0390 e. The van der Waals surface area contributed by atoms with Crippen molar-refractivity contribution in [2.45, 2.75) is 26.8 Å². The van der Waals surface area contributed by atoms with E-state index in [4.69, 9.17) is 5.73 Å². The van der Waals surface area contributed by atoms with Crippen LogP contribution in [0, 0.1) is 19.8 Å². The normalized spacial score (nSPS) is 25.4. The Labute approximate surface area is 117 Å². The van der Waals surface area contributed by atoms with Crippen LogP contribution in [0.4, 0.5) is 5.69 Å². The molecule has 1 fully saturated rings. The third-order valence-electron chi connectivity index (χ3n) is 4.03. The molecule has 2 rings (SSSR count). The molecule has 3 heteroatoms. The predicted octanol–water partition coefficient (Wildman–Crippen LogP) is 2.02. The highest BCUT2D eigenvalue weighted by Crippen LogP contribution is 2.23. The van der Waals surface area contributed by atoms with Gasteiger partial charge in [0.2, 0.25) is 0 Å². The first-order chi connectivity index (χ1) is 8.99. The van der Waals surface area contributed by atoms with Crippen molar-refractivity contribution in [1.82, 2.24) is 4.90 Å². The fourth-order valence-corrected chi connectivity index (χ4v) is 3.14. The quantitative estimate of drug-likeness (QED) is 0.884. The molecule has 0 saturated carbocycles. The van der Waals surface area contributed by atoms with E-state index in [1.807, 2.05) is 0 Å². The number of rotatable bonds is 2. The third kappa shape index (κ3) is 3.48. The minimum Gasteiger partial charge on any atom is -0.370 e. The Morgan fingerprint density at radius 3 is 2.32 bits per heavy atom. The maximum absolute atomic E-state index is 5.94. The summed E-state index contributed by atoms with van der Waals surface area (Å²) in [5, 5.41) is 0. The molecule has 1 heterocycles. The number of hydrogen-bond acceptors (Lipinski definition) is 3. The number of likely N-dealkylation sites (N-methyl/N-ethyl adjacent to an activating group) is 1. The molecule has 19 heavy (non-hydrogen) atoms. The predicted molar refractivity (Wildman–Crippen MR) is 82.8 cm³/mol. The van der Waals surface area contributed by atoms with Crippen molar-refractivity contribution in [3.05, 3.63) is 29.3 Å². The van der Waals surface area contributed by atoms with Crippen molar-refractivity contribution in [2.75, 3.05) is 38.1 Å². The molecule has 0 radical (unpaired) electrons. The van der Waals surface area contributed by atoms with E-state index in [1.165, 1.54) is 16.8 Å². The molecule has 0 bridgehead atoms. The van der Waals surface area contributed by atoms with Gasteiger partial charge in [-0.3, -0.25) is 0 Å². The second-order valence-corrected chi connectivity index (χ2v) is 6.19. The van der Waals surface area contributed by atoms with Crippen molar-refractivity contribution in [1.29, 1.82) is 0 Å². The third-order valence-corrected chi connectivity index (χ3v) is 4.03. The number of hydrogen-bond donors (Lipinski definition) is 1. The summed E-state index contributed by atoms with van der Waals surface area (Å²) in [7, 11) is 2.19. The van der Waals surface area contributed by atoms with Crippen LogP contribution in [0.5, 0.6) is 0 Å². The van der Waals surface area contributed by atoms with Crippen LogP contribution in [0.2, 0.25) is 0 Å². The zero-order chi connectivity index (χ0) is 14.0. The van der Waals surface area contributed by atoms with Gasteiger partial charge in [-0.25, -0.2) is 0 Å². The van der Waals surface area contributed by atoms with Gasteiger partial charge in [-0.2, -0.15) is 0 Å². The Morgan fingerprint density at radius 1 is 1.11 bits per heavy atom. The highest BCUT2D eigenvalue weighted by atomic mass is 15.2. The topological polar surface area (TPSA) is 32.5 Å². The van der Waals surface area contributed by atoms with E-state index < -0.39 is 0 Å². The minimum atomic E-state index is 0.450. The van der Waals surface area contributed by atoms with E-state index >= 15 is 0 Å². The fourth-order valence-electron chi connectivity index (χ4n) is 3.14. The smallest absolute Gasteiger partial charge is 0.0390 e. The molecule has 0 aromatic heterocycles. The first-order valence-corrected chi connectivity index (χ1v) is 7.23. The van der Waals surface area contributed by atoms with Crippen LogP contribution >= 0.6 is 0 Å². The first-order valence-electron chi connectivity index (χ1n) is 7.23. The van der Waals surface area contributed by atoms with E-state index in [-0.39, 0.29) is 0 Å². The molecule has 2 unspecified atom stereocenters. The van der Waals surface area contributed by atoms with Crippen molar-refractivity contribution >= 4 is 5.69 Å². The Morgan fingerprint density at radius 2 is 1.74 bits per heavy atom. The molecule has 1 aliphatic rings. The van der Waals surface area contributed by atoms with Gasteiger partial charge in [0.25, 0.3) is 0 Å². The first kappa shape index (κ1) is 14.4. The Hall–Kier alpha value is -1.06. The van der Waals surface area contributed by atoms with Crippen LogP contribution in [-0.4, -0.2) is 44.2 Å². The lowest BCUT2D eigenvalue weighted by Crippen LogP contribution is -2.44. The number of anilines is 1. The van der Waals surface area contributed by atoms with Crippen molar-refractivity contribution in [3.8, 4) is 0 Å². The summed E-state index contributed by atoms with van der Waals surface area (Å²) in [5.74, 6) is 0.669. The summed E-state index contributed by atoms with van der Waals surface area (Å²) in [4.78, 5) is 4.92. The van der Waals surface area contributed by atoms with Crippen LogP contribution in [0.15, 0.2) is 18.2 Å². The van der Waals surface area contributed by atoms with Gasteiger partial charge in [0.05, 0.1) is 0 Å². The molecular weight excluding hydrogens is 234 g/mol. The largest absolute Gasteiger partial charge is 0.370 e. The Bertz CT molecular complexity index is 410. The summed E-state index contributed by atoms with van der Waals surface area (Å²) < 4.78 is 0. The average molecular weight is 261 g/mol. The Kier molecular flexibility index (Phi) is 4.48. The van der Waals surface area contributed by atoms with Crippen molar-refractivity contribution < 1.29 is 0 Å². The van der Waals surface area contributed by atoms with Gasteiger partial charge in [0.15, 0.2) is 0 Å². The molecule has 1 saturated heterocycles. The molecule has 0 spiro atoms. The molecule has 1 aromatic rings. The monoisotopic (exact) mass is 261 g/mol. The highest BCUT2D eigenvalue weighted by molar-refractivity contribution is 5.51. The standard InChI is InChI=1S/C16H27N3/c1-12-5-13(2)7-15(6-12)19-10-14(3)9-18(4)16(8-17)11-19/h5-7,14,16H,8-11,17H2,1-4H3. The van der Waals surface area contributed by atoms with Crippen LogP contribution < -0.4 is 10.6 Å². The maximum atomic E-state index is 5.94. The van der Waals surface area contributed by atoms with Gasteiger partial charge in [0, 0.05) is 37.9 Å². The molecule has 106 valence electrons. The number of benzene rings is 1. The van der Waals surface area contributed by atoms with E-state index in [0.717, 1.165) is 26.2 Å². The van der Waals surface area contributed by atoms with Crippen molar-refractivity contribution in [2.24, 2.45) is 11.7 Å². The van der Waals surface area contributed by atoms with Gasteiger partial charge in [0.1, 0.15) is 0 Å². The molecule has 3 nitrogen and oxygen atoms in total. The van der Waals surface area contributed by atoms with E-state index in [0.29, 0.717) is 12.0 Å². The molecule has 0 amide bonds.